The molecule has 0 spiro atoms. The molecule has 0 saturated heterocycles. The van der Waals surface area contributed by atoms with Gasteiger partial charge in [0.25, 0.3) is 0 Å². The molecule has 0 heterocycles. The van der Waals surface area contributed by atoms with E-state index < -0.39 is 11.6 Å². The van der Waals surface area contributed by atoms with Gasteiger partial charge in [0.05, 0.1) is 5.60 Å². The first-order chi connectivity index (χ1) is 7.96. The maximum Gasteiger partial charge on any atom is 0.241 e. The number of carbonyl (C=O) groups excluding carboxylic acids is 1. The van der Waals surface area contributed by atoms with Gasteiger partial charge in [0.15, 0.2) is 0 Å². The average Bonchev–Trinajstić information content (AvgIpc) is 2.36. The highest BCUT2D eigenvalue weighted by Gasteiger charge is 2.21. The summed E-state index contributed by atoms with van der Waals surface area (Å²) in [5.41, 5.74) is 5.70. The van der Waals surface area contributed by atoms with Gasteiger partial charge in [-0.05, 0) is 18.9 Å². The lowest BCUT2D eigenvalue weighted by molar-refractivity contribution is -0.123. The van der Waals surface area contributed by atoms with Crippen LogP contribution < -0.4 is 11.1 Å². The van der Waals surface area contributed by atoms with Crippen molar-refractivity contribution in [2.24, 2.45) is 5.73 Å². The minimum absolute atomic E-state index is 0.211. The van der Waals surface area contributed by atoms with Gasteiger partial charge in [-0.25, -0.2) is 0 Å². The molecule has 1 rings (SSSR count). The fraction of sp³-hybridized carbons (Fsp3) is 0.462. The molecule has 4 nitrogen and oxygen atoms in total. The molecule has 4 heteroatoms. The number of carbonyl (C=O) groups is 1. The summed E-state index contributed by atoms with van der Waals surface area (Å²) in [5.74, 6) is -0.273. The van der Waals surface area contributed by atoms with E-state index in [1.165, 1.54) is 0 Å². The van der Waals surface area contributed by atoms with E-state index in [0.29, 0.717) is 6.42 Å². The third-order valence-corrected chi connectivity index (χ3v) is 2.85. The van der Waals surface area contributed by atoms with E-state index >= 15 is 0 Å². The number of hydrogen-bond acceptors (Lipinski definition) is 3. The summed E-state index contributed by atoms with van der Waals surface area (Å²) in [6.07, 6.45) is 0.577. The lowest BCUT2D eigenvalue weighted by Gasteiger charge is -2.22. The summed E-state index contributed by atoms with van der Waals surface area (Å²) >= 11 is 0. The molecular formula is C13H20N2O2. The standard InChI is InChI=1S/C13H20N2O2/c1-3-13(2,17)9-15-12(16)11(14)10-7-5-4-6-8-10/h4-8,11,17H,3,9,14H2,1-2H3,(H,15,16). The van der Waals surface area contributed by atoms with Crippen LogP contribution in [-0.2, 0) is 4.79 Å². The first-order valence-electron chi connectivity index (χ1n) is 5.77. The van der Waals surface area contributed by atoms with Gasteiger partial charge in [-0.15, -0.1) is 0 Å². The zero-order chi connectivity index (χ0) is 12.9. The molecule has 4 N–H and O–H groups in total. The van der Waals surface area contributed by atoms with Crippen molar-refractivity contribution in [3.63, 3.8) is 0 Å². The second kappa shape index (κ2) is 5.80. The first-order valence-corrected chi connectivity index (χ1v) is 5.77. The third kappa shape index (κ3) is 4.17. The minimum Gasteiger partial charge on any atom is -0.388 e. The highest BCUT2D eigenvalue weighted by atomic mass is 16.3. The van der Waals surface area contributed by atoms with Crippen molar-refractivity contribution >= 4 is 5.91 Å². The van der Waals surface area contributed by atoms with E-state index in [2.05, 4.69) is 5.32 Å². The van der Waals surface area contributed by atoms with E-state index in [9.17, 15) is 9.90 Å². The smallest absolute Gasteiger partial charge is 0.241 e. The number of benzene rings is 1. The quantitative estimate of drug-likeness (QED) is 0.713. The Morgan fingerprint density at radius 1 is 1.47 bits per heavy atom. The topological polar surface area (TPSA) is 75.3 Å². The van der Waals surface area contributed by atoms with Gasteiger partial charge in [-0.2, -0.15) is 0 Å². The molecular weight excluding hydrogens is 216 g/mol. The number of rotatable bonds is 5. The summed E-state index contributed by atoms with van der Waals surface area (Å²) in [4.78, 5) is 11.8. The number of nitrogens with one attached hydrogen (secondary N) is 1. The summed E-state index contributed by atoms with van der Waals surface area (Å²) < 4.78 is 0. The average molecular weight is 236 g/mol. The summed E-state index contributed by atoms with van der Waals surface area (Å²) in [5, 5.41) is 12.4. The van der Waals surface area contributed by atoms with Gasteiger partial charge in [-0.3, -0.25) is 4.79 Å². The first kappa shape index (κ1) is 13.7. The zero-order valence-corrected chi connectivity index (χ0v) is 10.3. The molecule has 0 fully saturated rings. The number of amides is 1. The Morgan fingerprint density at radius 2 is 2.06 bits per heavy atom. The Kier molecular flexibility index (Phi) is 4.66. The number of nitrogens with two attached hydrogens (primary N) is 1. The monoisotopic (exact) mass is 236 g/mol. The van der Waals surface area contributed by atoms with Crippen LogP contribution in [0.5, 0.6) is 0 Å². The van der Waals surface area contributed by atoms with Gasteiger partial charge in [-0.1, -0.05) is 37.3 Å². The third-order valence-electron chi connectivity index (χ3n) is 2.85. The molecule has 17 heavy (non-hydrogen) atoms. The predicted octanol–water partition coefficient (Wildman–Crippen LogP) is 0.964. The molecule has 94 valence electrons. The molecule has 2 atom stereocenters. The zero-order valence-electron chi connectivity index (χ0n) is 10.3. The molecule has 0 radical (unpaired) electrons. The maximum atomic E-state index is 11.8. The fourth-order valence-electron chi connectivity index (χ4n) is 1.32. The number of hydrogen-bond donors (Lipinski definition) is 3. The summed E-state index contributed by atoms with van der Waals surface area (Å²) in [6, 6.07) is 8.47. The van der Waals surface area contributed by atoms with Crippen LogP contribution in [0.15, 0.2) is 30.3 Å². The molecule has 0 aromatic heterocycles. The molecule has 1 aromatic rings. The molecule has 0 aliphatic heterocycles. The van der Waals surface area contributed by atoms with Crippen molar-refractivity contribution in [3.8, 4) is 0 Å². The SMILES string of the molecule is CCC(C)(O)CNC(=O)C(N)c1ccccc1. The highest BCUT2D eigenvalue weighted by molar-refractivity contribution is 5.82. The molecule has 1 amide bonds. The van der Waals surface area contributed by atoms with Crippen LogP contribution in [0.2, 0.25) is 0 Å². The van der Waals surface area contributed by atoms with E-state index in [1.54, 1.807) is 6.92 Å². The van der Waals surface area contributed by atoms with Crippen LogP contribution in [-0.4, -0.2) is 23.2 Å². The Morgan fingerprint density at radius 3 is 2.59 bits per heavy atom. The van der Waals surface area contributed by atoms with Crippen molar-refractivity contribution in [2.45, 2.75) is 31.9 Å². The molecule has 1 aromatic carbocycles. The van der Waals surface area contributed by atoms with Crippen molar-refractivity contribution in [1.29, 1.82) is 0 Å². The van der Waals surface area contributed by atoms with Crippen molar-refractivity contribution in [1.82, 2.24) is 5.32 Å². The van der Waals surface area contributed by atoms with Crippen LogP contribution in [0.4, 0.5) is 0 Å². The van der Waals surface area contributed by atoms with Crippen LogP contribution in [0, 0.1) is 0 Å². The van der Waals surface area contributed by atoms with E-state index in [1.807, 2.05) is 37.3 Å². The Balaban J connectivity index is 2.54. The van der Waals surface area contributed by atoms with Gasteiger partial charge < -0.3 is 16.2 Å². The second-order valence-corrected chi connectivity index (χ2v) is 4.46. The minimum atomic E-state index is -0.883. The van der Waals surface area contributed by atoms with Crippen molar-refractivity contribution in [3.05, 3.63) is 35.9 Å². The molecule has 0 aliphatic carbocycles. The lowest BCUT2D eigenvalue weighted by Crippen LogP contribution is -2.43. The summed E-state index contributed by atoms with van der Waals surface area (Å²) in [6.45, 7) is 3.76. The summed E-state index contributed by atoms with van der Waals surface area (Å²) in [7, 11) is 0. The van der Waals surface area contributed by atoms with Gasteiger partial charge in [0, 0.05) is 6.54 Å². The Labute approximate surface area is 102 Å². The van der Waals surface area contributed by atoms with Crippen LogP contribution in [0.25, 0.3) is 0 Å². The predicted molar refractivity (Wildman–Crippen MR) is 67.3 cm³/mol. The maximum absolute atomic E-state index is 11.8. The van der Waals surface area contributed by atoms with E-state index in [-0.39, 0.29) is 12.5 Å². The number of aliphatic hydroxyl groups is 1. The second-order valence-electron chi connectivity index (χ2n) is 4.46. The Hall–Kier alpha value is -1.39. The Bertz CT molecular complexity index is 363. The molecule has 0 aliphatic rings. The normalized spacial score (nSPS) is 16.0. The van der Waals surface area contributed by atoms with Crippen LogP contribution in [0.1, 0.15) is 31.9 Å². The molecule has 0 saturated carbocycles. The van der Waals surface area contributed by atoms with Crippen LogP contribution in [0.3, 0.4) is 0 Å². The molecule has 0 bridgehead atoms. The van der Waals surface area contributed by atoms with Crippen molar-refractivity contribution < 1.29 is 9.90 Å². The van der Waals surface area contributed by atoms with E-state index in [0.717, 1.165) is 5.56 Å². The van der Waals surface area contributed by atoms with Gasteiger partial charge in [0.1, 0.15) is 6.04 Å². The largest absolute Gasteiger partial charge is 0.388 e. The highest BCUT2D eigenvalue weighted by Crippen LogP contribution is 2.11. The lowest BCUT2D eigenvalue weighted by atomic mass is 10.0. The van der Waals surface area contributed by atoms with Crippen LogP contribution >= 0.6 is 0 Å². The van der Waals surface area contributed by atoms with E-state index in [4.69, 9.17) is 5.73 Å². The molecule has 2 unspecified atom stereocenters. The van der Waals surface area contributed by atoms with Gasteiger partial charge >= 0.3 is 0 Å². The fourth-order valence-corrected chi connectivity index (χ4v) is 1.32. The van der Waals surface area contributed by atoms with Crippen molar-refractivity contribution in [2.75, 3.05) is 6.54 Å². The van der Waals surface area contributed by atoms with Gasteiger partial charge in [0.2, 0.25) is 5.91 Å².